The van der Waals surface area contributed by atoms with Crippen LogP contribution >= 0.6 is 12.2 Å². The van der Waals surface area contributed by atoms with Gasteiger partial charge in [0.1, 0.15) is 0 Å². The lowest BCUT2D eigenvalue weighted by atomic mass is 9.88. The Morgan fingerprint density at radius 1 is 0.944 bits per heavy atom. The van der Waals surface area contributed by atoms with Gasteiger partial charge in [-0.15, -0.1) is 0 Å². The minimum Gasteiger partial charge on any atom is -0.379 e. The molecule has 2 heteroatoms. The molecule has 1 atom stereocenters. The molecule has 1 N–H and O–H groups in total. The topological polar surface area (TPSA) is 12.0 Å². The summed E-state index contributed by atoms with van der Waals surface area (Å²) in [7, 11) is 0. The van der Waals surface area contributed by atoms with Crippen molar-refractivity contribution in [1.82, 2.24) is 5.32 Å². The molecule has 18 heavy (non-hydrogen) atoms. The van der Waals surface area contributed by atoms with Crippen molar-refractivity contribution in [3.63, 3.8) is 0 Å². The molecule has 1 nitrogen and oxygen atoms in total. The average Bonchev–Trinajstić information content (AvgIpc) is 2.58. The van der Waals surface area contributed by atoms with Crippen molar-refractivity contribution >= 4 is 17.2 Å². The van der Waals surface area contributed by atoms with Gasteiger partial charge in [-0.3, -0.25) is 0 Å². The maximum absolute atomic E-state index is 5.56. The molecule has 0 aliphatic carbocycles. The molecular weight excluding hydrogens is 238 g/mol. The van der Waals surface area contributed by atoms with Crippen LogP contribution in [-0.2, 0) is 6.42 Å². The fourth-order valence-corrected chi connectivity index (χ4v) is 2.95. The Morgan fingerprint density at radius 2 is 1.67 bits per heavy atom. The molecule has 2 aromatic carbocycles. The van der Waals surface area contributed by atoms with E-state index in [1.54, 1.807) is 0 Å². The van der Waals surface area contributed by atoms with Crippen molar-refractivity contribution < 1.29 is 0 Å². The smallest absolute Gasteiger partial charge is 0.0874 e. The lowest BCUT2D eigenvalue weighted by Gasteiger charge is -2.19. The SMILES string of the molecule is S=C1NCCc2ccccc2[C@H]1c1ccccc1. The molecule has 0 spiro atoms. The van der Waals surface area contributed by atoms with E-state index in [1.165, 1.54) is 16.7 Å². The van der Waals surface area contributed by atoms with Gasteiger partial charge in [-0.1, -0.05) is 66.8 Å². The molecule has 1 heterocycles. The standard InChI is InChI=1S/C16H15NS/c18-16-15(13-7-2-1-3-8-13)14-9-5-4-6-12(14)10-11-17-16/h1-9,15H,10-11H2,(H,17,18)/t15-/m1/s1. The fraction of sp³-hybridized carbons (Fsp3) is 0.188. The van der Waals surface area contributed by atoms with Gasteiger partial charge in [0, 0.05) is 6.54 Å². The van der Waals surface area contributed by atoms with E-state index < -0.39 is 0 Å². The third-order valence-corrected chi connectivity index (χ3v) is 3.83. The van der Waals surface area contributed by atoms with E-state index >= 15 is 0 Å². The number of hydrogen-bond donors (Lipinski definition) is 1. The first-order valence-electron chi connectivity index (χ1n) is 6.27. The Labute approximate surface area is 113 Å². The molecule has 1 aliphatic rings. The molecule has 0 saturated carbocycles. The molecule has 0 bridgehead atoms. The van der Waals surface area contributed by atoms with Crippen LogP contribution in [0.5, 0.6) is 0 Å². The van der Waals surface area contributed by atoms with E-state index in [0.717, 1.165) is 18.0 Å². The summed E-state index contributed by atoms with van der Waals surface area (Å²) in [6.07, 6.45) is 1.04. The highest BCUT2D eigenvalue weighted by molar-refractivity contribution is 7.80. The van der Waals surface area contributed by atoms with Crippen LogP contribution in [0.15, 0.2) is 54.6 Å². The summed E-state index contributed by atoms with van der Waals surface area (Å²) in [4.78, 5) is 0.936. The summed E-state index contributed by atoms with van der Waals surface area (Å²) in [6, 6.07) is 19.1. The van der Waals surface area contributed by atoms with Crippen molar-refractivity contribution in [3.05, 3.63) is 71.3 Å². The predicted octanol–water partition coefficient (Wildman–Crippen LogP) is 3.29. The molecule has 0 radical (unpaired) electrons. The number of fused-ring (bicyclic) bond motifs is 1. The summed E-state index contributed by atoms with van der Waals surface area (Å²) >= 11 is 5.56. The van der Waals surface area contributed by atoms with Gasteiger partial charge in [0.2, 0.25) is 0 Å². The third kappa shape index (κ3) is 2.04. The van der Waals surface area contributed by atoms with E-state index in [-0.39, 0.29) is 5.92 Å². The second-order valence-electron chi connectivity index (χ2n) is 4.58. The van der Waals surface area contributed by atoms with E-state index in [2.05, 4.69) is 53.8 Å². The number of nitrogens with one attached hydrogen (secondary N) is 1. The lowest BCUT2D eigenvalue weighted by Crippen LogP contribution is -2.27. The van der Waals surface area contributed by atoms with Crippen molar-refractivity contribution in [2.24, 2.45) is 0 Å². The minimum absolute atomic E-state index is 0.194. The first-order valence-corrected chi connectivity index (χ1v) is 6.67. The van der Waals surface area contributed by atoms with E-state index in [0.29, 0.717) is 0 Å². The van der Waals surface area contributed by atoms with Crippen LogP contribution in [0.3, 0.4) is 0 Å². The zero-order valence-electron chi connectivity index (χ0n) is 10.1. The van der Waals surface area contributed by atoms with Gasteiger partial charge in [-0.2, -0.15) is 0 Å². The zero-order valence-corrected chi connectivity index (χ0v) is 10.9. The van der Waals surface area contributed by atoms with E-state index in [1.807, 2.05) is 6.07 Å². The highest BCUT2D eigenvalue weighted by Gasteiger charge is 2.23. The third-order valence-electron chi connectivity index (χ3n) is 3.45. The van der Waals surface area contributed by atoms with Gasteiger partial charge in [0.15, 0.2) is 0 Å². The highest BCUT2D eigenvalue weighted by atomic mass is 32.1. The van der Waals surface area contributed by atoms with Crippen LogP contribution in [-0.4, -0.2) is 11.5 Å². The number of rotatable bonds is 1. The molecule has 0 fully saturated rings. The largest absolute Gasteiger partial charge is 0.379 e. The number of thiocarbonyl (C=S) groups is 1. The van der Waals surface area contributed by atoms with Crippen LogP contribution in [0.4, 0.5) is 0 Å². The van der Waals surface area contributed by atoms with Gasteiger partial charge >= 0.3 is 0 Å². The van der Waals surface area contributed by atoms with Gasteiger partial charge in [0.25, 0.3) is 0 Å². The van der Waals surface area contributed by atoms with Crippen LogP contribution < -0.4 is 5.32 Å². The maximum Gasteiger partial charge on any atom is 0.0874 e. The van der Waals surface area contributed by atoms with Crippen molar-refractivity contribution in [3.8, 4) is 0 Å². The molecule has 0 saturated heterocycles. The Bertz CT molecular complexity index is 562. The van der Waals surface area contributed by atoms with Gasteiger partial charge in [-0.25, -0.2) is 0 Å². The van der Waals surface area contributed by atoms with Crippen LogP contribution in [0, 0.1) is 0 Å². The van der Waals surface area contributed by atoms with Gasteiger partial charge in [-0.05, 0) is 23.1 Å². The molecule has 0 aromatic heterocycles. The molecule has 90 valence electrons. The summed E-state index contributed by atoms with van der Waals surface area (Å²) in [5, 5.41) is 3.37. The molecular formula is C16H15NS. The zero-order chi connectivity index (χ0) is 12.4. The minimum atomic E-state index is 0.194. The van der Waals surface area contributed by atoms with Crippen molar-refractivity contribution in [2.75, 3.05) is 6.54 Å². The van der Waals surface area contributed by atoms with Crippen LogP contribution in [0.25, 0.3) is 0 Å². The second-order valence-corrected chi connectivity index (χ2v) is 5.02. The van der Waals surface area contributed by atoms with Crippen LogP contribution in [0.1, 0.15) is 22.6 Å². The Hall–Kier alpha value is -1.67. The molecule has 3 rings (SSSR count). The second kappa shape index (κ2) is 4.91. The Kier molecular flexibility index (Phi) is 3.11. The van der Waals surface area contributed by atoms with Crippen molar-refractivity contribution in [2.45, 2.75) is 12.3 Å². The Balaban J connectivity index is 2.14. The molecule has 0 amide bonds. The van der Waals surface area contributed by atoms with E-state index in [4.69, 9.17) is 12.2 Å². The molecule has 1 aliphatic heterocycles. The maximum atomic E-state index is 5.56. The average molecular weight is 253 g/mol. The first kappa shape index (κ1) is 11.4. The summed E-state index contributed by atoms with van der Waals surface area (Å²) in [6.45, 7) is 0.930. The molecule has 2 aromatic rings. The number of hydrogen-bond acceptors (Lipinski definition) is 1. The van der Waals surface area contributed by atoms with Gasteiger partial charge < -0.3 is 5.32 Å². The quantitative estimate of drug-likeness (QED) is 0.783. The monoisotopic (exact) mass is 253 g/mol. The molecule has 0 unspecified atom stereocenters. The van der Waals surface area contributed by atoms with E-state index in [9.17, 15) is 0 Å². The van der Waals surface area contributed by atoms with Gasteiger partial charge in [0.05, 0.1) is 10.9 Å². The first-order chi connectivity index (χ1) is 8.86. The Morgan fingerprint density at radius 3 is 2.50 bits per heavy atom. The number of benzene rings is 2. The predicted molar refractivity (Wildman–Crippen MR) is 79.0 cm³/mol. The summed E-state index contributed by atoms with van der Waals surface area (Å²) < 4.78 is 0. The highest BCUT2D eigenvalue weighted by Crippen LogP contribution is 2.30. The summed E-state index contributed by atoms with van der Waals surface area (Å²) in [5.74, 6) is 0.194. The fourth-order valence-electron chi connectivity index (χ4n) is 2.58. The summed E-state index contributed by atoms with van der Waals surface area (Å²) in [5.41, 5.74) is 4.02. The normalized spacial score (nSPS) is 18.7. The lowest BCUT2D eigenvalue weighted by molar-refractivity contribution is 0.882. The van der Waals surface area contributed by atoms with Crippen molar-refractivity contribution in [1.29, 1.82) is 0 Å². The van der Waals surface area contributed by atoms with Crippen LogP contribution in [0.2, 0.25) is 0 Å².